The van der Waals surface area contributed by atoms with Crippen LogP contribution in [-0.4, -0.2) is 0 Å². The van der Waals surface area contributed by atoms with Gasteiger partial charge in [0, 0.05) is 38.5 Å². The first kappa shape index (κ1) is 40.6. The molecule has 0 N–H and O–H groups in total. The van der Waals surface area contributed by atoms with Crippen LogP contribution in [0.15, 0.2) is 229 Å². The molecule has 2 aliphatic carbocycles. The molecule has 70 heavy (non-hydrogen) atoms. The van der Waals surface area contributed by atoms with E-state index in [-0.39, 0.29) is 10.8 Å². The van der Waals surface area contributed by atoms with Crippen LogP contribution in [0.25, 0.3) is 99.1 Å². The lowest BCUT2D eigenvalue weighted by Crippen LogP contribution is -2.15. The molecule has 2 aliphatic rings. The summed E-state index contributed by atoms with van der Waals surface area (Å²) in [4.78, 5) is 2.39. The maximum absolute atomic E-state index is 7.60. The van der Waals surface area contributed by atoms with Crippen LogP contribution in [0.4, 0.5) is 17.1 Å². The van der Waals surface area contributed by atoms with E-state index in [1.165, 1.54) is 93.9 Å². The zero-order chi connectivity index (χ0) is 46.9. The highest BCUT2D eigenvalue weighted by molar-refractivity contribution is 6.21. The first-order valence-corrected chi connectivity index (χ1v) is 24.6. The molecule has 0 aliphatic heterocycles. The fourth-order valence-corrected chi connectivity index (χ4v) is 12.4. The minimum absolute atomic E-state index is 0.0820. The van der Waals surface area contributed by atoms with Crippen LogP contribution in [-0.2, 0) is 10.8 Å². The molecule has 0 radical (unpaired) electrons. The van der Waals surface area contributed by atoms with Gasteiger partial charge < -0.3 is 9.32 Å². The Hall–Kier alpha value is -8.46. The van der Waals surface area contributed by atoms with E-state index in [0.717, 1.165) is 44.6 Å². The highest BCUT2D eigenvalue weighted by Crippen LogP contribution is 2.57. The number of para-hydroxylation sites is 1. The molecular weight excluding hydrogens is 847 g/mol. The summed E-state index contributed by atoms with van der Waals surface area (Å²) in [7, 11) is 0. The summed E-state index contributed by atoms with van der Waals surface area (Å²) in [6, 6.07) is 82.8. The van der Waals surface area contributed by atoms with Gasteiger partial charge in [-0.3, -0.25) is 0 Å². The van der Waals surface area contributed by atoms with E-state index in [1.807, 2.05) is 0 Å². The molecule has 0 spiro atoms. The summed E-state index contributed by atoms with van der Waals surface area (Å²) in [5.74, 6) is 0. The van der Waals surface area contributed by atoms with E-state index in [0.29, 0.717) is 0 Å². The van der Waals surface area contributed by atoms with Gasteiger partial charge in [0.2, 0.25) is 0 Å². The molecule has 0 saturated heterocycles. The number of hydrogen-bond acceptors (Lipinski definition) is 2. The Morgan fingerprint density at radius 2 is 0.943 bits per heavy atom. The van der Waals surface area contributed by atoms with Crippen molar-refractivity contribution in [3.05, 3.63) is 247 Å². The smallest absolute Gasteiger partial charge is 0.159 e. The lowest BCUT2D eigenvalue weighted by Gasteiger charge is -2.26. The third-order valence-electron chi connectivity index (χ3n) is 15.8. The van der Waals surface area contributed by atoms with Crippen molar-refractivity contribution in [2.75, 3.05) is 4.90 Å². The largest absolute Gasteiger partial charge is 0.453 e. The van der Waals surface area contributed by atoms with Crippen LogP contribution in [0.2, 0.25) is 0 Å². The summed E-state index contributed by atoms with van der Waals surface area (Å²) in [6.07, 6.45) is 0. The number of nitrogens with zero attached hydrogens (tertiary/aromatic N) is 1. The quantitative estimate of drug-likeness (QED) is 0.155. The minimum atomic E-state index is -0.232. The third kappa shape index (κ3) is 5.86. The lowest BCUT2D eigenvalue weighted by molar-refractivity contribution is 0.653. The fraction of sp³-hybridized carbons (Fsp3) is 0.0882. The summed E-state index contributed by atoms with van der Waals surface area (Å²) >= 11 is 0. The summed E-state index contributed by atoms with van der Waals surface area (Å²) in [5.41, 5.74) is 22.1. The maximum atomic E-state index is 7.60. The summed E-state index contributed by atoms with van der Waals surface area (Å²) in [5, 5.41) is 7.26. The second kappa shape index (κ2) is 15.0. The van der Waals surface area contributed by atoms with Gasteiger partial charge in [-0.25, -0.2) is 0 Å². The van der Waals surface area contributed by atoms with Gasteiger partial charge in [-0.1, -0.05) is 204 Å². The number of anilines is 3. The third-order valence-corrected chi connectivity index (χ3v) is 15.8. The summed E-state index contributed by atoms with van der Waals surface area (Å²) in [6.45, 7) is 9.45. The zero-order valence-electron chi connectivity index (χ0n) is 39.7. The Morgan fingerprint density at radius 1 is 0.329 bits per heavy atom. The van der Waals surface area contributed by atoms with Crippen molar-refractivity contribution < 1.29 is 4.42 Å². The molecule has 0 atom stereocenters. The molecule has 12 aromatic rings. The molecule has 2 nitrogen and oxygen atoms in total. The van der Waals surface area contributed by atoms with Crippen molar-refractivity contribution >= 4 is 60.5 Å². The molecular formula is C68H49NO. The van der Waals surface area contributed by atoms with Crippen LogP contribution in [0.1, 0.15) is 49.9 Å². The van der Waals surface area contributed by atoms with Gasteiger partial charge in [-0.2, -0.15) is 0 Å². The van der Waals surface area contributed by atoms with E-state index in [1.54, 1.807) is 0 Å². The van der Waals surface area contributed by atoms with Gasteiger partial charge >= 0.3 is 0 Å². The molecule has 0 fully saturated rings. The van der Waals surface area contributed by atoms with E-state index < -0.39 is 0 Å². The standard InChI is InChI=1S/C68H49NO/c1-67(2)58-29-14-12-26-52(58)57-40-46(34-37-60(57)67)56-41-61-64(53-27-13-15-30-59(53)68(61,3)4)66-63(56)54-28-17-31-62(65(54)70-66)69(48-22-16-21-44(38-48)42-18-6-5-7-19-42)47-35-32-43(33-36-47)55-39-45-20-8-9-23-49(45)50-24-10-11-25-51(50)55/h5-41H,1-4H3. The second-order valence-corrected chi connectivity index (χ2v) is 20.4. The SMILES string of the molecule is CC1(C)c2ccccc2-c2cc(-c3cc4c(c5oc6c(N(c7ccc(-c8cc9ccccc9c9ccccc89)cc7)c7cccc(-c8ccccc8)c7)cccc6c35)-c3ccccc3C4(C)C)ccc21. The molecule has 1 heterocycles. The number of benzene rings is 11. The monoisotopic (exact) mass is 895 g/mol. The Labute approximate surface area is 408 Å². The average Bonchev–Trinajstić information content (AvgIpc) is 3.99. The number of rotatable bonds is 6. The topological polar surface area (TPSA) is 16.4 Å². The van der Waals surface area contributed by atoms with E-state index in [2.05, 4.69) is 257 Å². The van der Waals surface area contributed by atoms with Crippen molar-refractivity contribution in [2.24, 2.45) is 0 Å². The number of hydrogen-bond donors (Lipinski definition) is 0. The summed E-state index contributed by atoms with van der Waals surface area (Å²) < 4.78 is 7.60. The number of furan rings is 1. The van der Waals surface area contributed by atoms with Crippen molar-refractivity contribution in [2.45, 2.75) is 38.5 Å². The average molecular weight is 896 g/mol. The molecule has 11 aromatic carbocycles. The normalized spacial score (nSPS) is 13.9. The van der Waals surface area contributed by atoms with E-state index in [4.69, 9.17) is 4.42 Å². The highest BCUT2D eigenvalue weighted by Gasteiger charge is 2.40. The first-order chi connectivity index (χ1) is 34.2. The van der Waals surface area contributed by atoms with Crippen LogP contribution < -0.4 is 4.90 Å². The van der Waals surface area contributed by atoms with Crippen LogP contribution in [0, 0.1) is 0 Å². The van der Waals surface area contributed by atoms with Crippen LogP contribution >= 0.6 is 0 Å². The predicted molar refractivity (Wildman–Crippen MR) is 295 cm³/mol. The number of fused-ring (bicyclic) bond motifs is 13. The predicted octanol–water partition coefficient (Wildman–Crippen LogP) is 19.0. The van der Waals surface area contributed by atoms with Crippen molar-refractivity contribution in [1.29, 1.82) is 0 Å². The highest BCUT2D eigenvalue weighted by atomic mass is 16.3. The van der Waals surface area contributed by atoms with E-state index >= 15 is 0 Å². The van der Waals surface area contributed by atoms with Gasteiger partial charge in [0.25, 0.3) is 0 Å². The first-order valence-electron chi connectivity index (χ1n) is 24.6. The van der Waals surface area contributed by atoms with Crippen LogP contribution in [0.3, 0.4) is 0 Å². The molecule has 1 aromatic heterocycles. The fourth-order valence-electron chi connectivity index (χ4n) is 12.4. The van der Waals surface area contributed by atoms with Gasteiger partial charge in [-0.15, -0.1) is 0 Å². The molecule has 14 rings (SSSR count). The molecule has 0 saturated carbocycles. The van der Waals surface area contributed by atoms with E-state index in [9.17, 15) is 0 Å². The Bertz CT molecular complexity index is 4110. The molecule has 0 unspecified atom stereocenters. The Kier molecular flexibility index (Phi) is 8.71. The van der Waals surface area contributed by atoms with Crippen molar-refractivity contribution in [1.82, 2.24) is 0 Å². The lowest BCUT2D eigenvalue weighted by atomic mass is 9.80. The maximum Gasteiger partial charge on any atom is 0.159 e. The zero-order valence-corrected chi connectivity index (χ0v) is 39.7. The van der Waals surface area contributed by atoms with Gasteiger partial charge in [0.05, 0.1) is 5.69 Å². The van der Waals surface area contributed by atoms with Crippen molar-refractivity contribution in [3.8, 4) is 55.6 Å². The molecule has 2 heteroatoms. The minimum Gasteiger partial charge on any atom is -0.453 e. The van der Waals surface area contributed by atoms with Crippen molar-refractivity contribution in [3.63, 3.8) is 0 Å². The van der Waals surface area contributed by atoms with Crippen LogP contribution in [0.5, 0.6) is 0 Å². The molecule has 0 amide bonds. The van der Waals surface area contributed by atoms with Gasteiger partial charge in [-0.05, 0) is 142 Å². The molecule has 0 bridgehead atoms. The van der Waals surface area contributed by atoms with Gasteiger partial charge in [0.15, 0.2) is 5.58 Å². The Balaban J connectivity index is 1.02. The Morgan fingerprint density at radius 3 is 1.76 bits per heavy atom. The second-order valence-electron chi connectivity index (χ2n) is 20.4. The molecule has 332 valence electrons. The van der Waals surface area contributed by atoms with Gasteiger partial charge in [0.1, 0.15) is 5.58 Å².